The van der Waals surface area contributed by atoms with Gasteiger partial charge in [0.05, 0.1) is 11.3 Å². The van der Waals surface area contributed by atoms with Gasteiger partial charge in [-0.1, -0.05) is 0 Å². The van der Waals surface area contributed by atoms with E-state index in [9.17, 15) is 0 Å². The molecule has 3 nitrogen and oxygen atoms in total. The van der Waals surface area contributed by atoms with Gasteiger partial charge in [0, 0.05) is 17.8 Å². The normalized spacial score (nSPS) is 20.9. The van der Waals surface area contributed by atoms with Crippen LogP contribution in [0, 0.1) is 0 Å². The molecule has 4 heteroatoms. The van der Waals surface area contributed by atoms with E-state index < -0.39 is 0 Å². The zero-order chi connectivity index (χ0) is 10.1. The zero-order valence-electron chi connectivity index (χ0n) is 8.27. The van der Waals surface area contributed by atoms with E-state index in [0.29, 0.717) is 5.92 Å². The van der Waals surface area contributed by atoms with Crippen LogP contribution in [0.2, 0.25) is 0 Å². The van der Waals surface area contributed by atoms with Crippen LogP contribution < -0.4 is 5.32 Å². The van der Waals surface area contributed by atoms with Gasteiger partial charge in [0.2, 0.25) is 0 Å². The van der Waals surface area contributed by atoms with Gasteiger partial charge in [0.1, 0.15) is 5.69 Å². The van der Waals surface area contributed by atoms with Gasteiger partial charge in [-0.25, -0.2) is 4.98 Å². The predicted octanol–water partition coefficient (Wildman–Crippen LogP) is 2.48. The smallest absolute Gasteiger partial charge is 0.153 e. The van der Waals surface area contributed by atoms with Crippen LogP contribution in [-0.2, 0) is 0 Å². The van der Waals surface area contributed by atoms with Crippen molar-refractivity contribution in [2.45, 2.75) is 12.3 Å². The maximum Gasteiger partial charge on any atom is 0.153 e. The molecule has 3 rings (SSSR count). The van der Waals surface area contributed by atoms with E-state index in [-0.39, 0.29) is 0 Å². The average Bonchev–Trinajstić information content (AvgIpc) is 3.02. The summed E-state index contributed by atoms with van der Waals surface area (Å²) in [6.07, 6.45) is 2.89. The Labute approximate surface area is 92.1 Å². The van der Waals surface area contributed by atoms with E-state index in [1.807, 2.05) is 12.1 Å². The van der Waals surface area contributed by atoms with E-state index >= 15 is 0 Å². The Hall–Kier alpha value is -1.13. The van der Waals surface area contributed by atoms with Crippen molar-refractivity contribution in [3.63, 3.8) is 0 Å². The molecule has 1 aliphatic rings. The maximum absolute atomic E-state index is 5.32. The summed E-state index contributed by atoms with van der Waals surface area (Å²) >= 11 is 1.73. The number of hydrogen-bond donors (Lipinski definition) is 1. The van der Waals surface area contributed by atoms with Crippen molar-refractivity contribution in [3.8, 4) is 11.5 Å². The summed E-state index contributed by atoms with van der Waals surface area (Å²) in [6, 6.07) is 3.84. The number of aromatic nitrogens is 1. The van der Waals surface area contributed by atoms with Crippen molar-refractivity contribution < 1.29 is 4.42 Å². The third-order valence-corrected chi connectivity index (χ3v) is 3.71. The molecule has 1 fully saturated rings. The topological polar surface area (TPSA) is 38.1 Å². The molecule has 2 aromatic rings. The van der Waals surface area contributed by atoms with Crippen LogP contribution in [0.25, 0.3) is 11.5 Å². The molecule has 0 bridgehead atoms. The minimum Gasteiger partial charge on any atom is -0.463 e. The first-order chi connectivity index (χ1) is 7.43. The molecule has 78 valence electrons. The van der Waals surface area contributed by atoms with Crippen molar-refractivity contribution >= 4 is 11.3 Å². The van der Waals surface area contributed by atoms with Crippen LogP contribution in [0.15, 0.2) is 28.2 Å². The van der Waals surface area contributed by atoms with E-state index in [2.05, 4.69) is 15.7 Å². The molecule has 1 unspecified atom stereocenters. The Morgan fingerprint density at radius 3 is 3.27 bits per heavy atom. The second-order valence-electron chi connectivity index (χ2n) is 3.74. The lowest BCUT2D eigenvalue weighted by atomic mass is 10.1. The van der Waals surface area contributed by atoms with E-state index in [1.165, 1.54) is 11.4 Å². The minimum absolute atomic E-state index is 0.596. The van der Waals surface area contributed by atoms with Gasteiger partial charge in [-0.2, -0.15) is 0 Å². The molecular formula is C11H12N2OS. The van der Waals surface area contributed by atoms with Gasteiger partial charge in [-0.15, -0.1) is 11.3 Å². The highest BCUT2D eigenvalue weighted by Gasteiger charge is 2.20. The Morgan fingerprint density at radius 2 is 2.53 bits per heavy atom. The Bertz CT molecular complexity index is 429. The standard InChI is InChI=1S/C11H12N2OS/c1-2-10(14-5-1)9-7-15-11(13-9)8-3-4-12-6-8/h1-2,5,7-8,12H,3-4,6H2. The first-order valence-corrected chi connectivity index (χ1v) is 6.01. The first-order valence-electron chi connectivity index (χ1n) is 5.13. The van der Waals surface area contributed by atoms with E-state index in [0.717, 1.165) is 24.5 Å². The molecule has 0 spiro atoms. The number of nitrogens with one attached hydrogen (secondary N) is 1. The van der Waals surface area contributed by atoms with Gasteiger partial charge in [-0.3, -0.25) is 0 Å². The van der Waals surface area contributed by atoms with Gasteiger partial charge in [-0.05, 0) is 25.1 Å². The highest BCUT2D eigenvalue weighted by Crippen LogP contribution is 2.29. The Balaban J connectivity index is 1.87. The highest BCUT2D eigenvalue weighted by molar-refractivity contribution is 7.10. The maximum atomic E-state index is 5.32. The van der Waals surface area contributed by atoms with Crippen LogP contribution in [0.4, 0.5) is 0 Å². The summed E-state index contributed by atoms with van der Waals surface area (Å²) in [6.45, 7) is 2.17. The molecule has 1 N–H and O–H groups in total. The summed E-state index contributed by atoms with van der Waals surface area (Å²) in [5, 5.41) is 6.66. The number of thiazole rings is 1. The molecule has 0 amide bonds. The van der Waals surface area contributed by atoms with Crippen molar-refractivity contribution in [1.29, 1.82) is 0 Å². The fraction of sp³-hybridized carbons (Fsp3) is 0.364. The number of rotatable bonds is 2. The third kappa shape index (κ3) is 1.70. The van der Waals surface area contributed by atoms with Crippen LogP contribution in [0.3, 0.4) is 0 Å². The average molecular weight is 220 g/mol. The Kier molecular flexibility index (Phi) is 2.31. The Morgan fingerprint density at radius 1 is 1.53 bits per heavy atom. The molecule has 2 aromatic heterocycles. The van der Waals surface area contributed by atoms with Crippen LogP contribution >= 0.6 is 11.3 Å². The highest BCUT2D eigenvalue weighted by atomic mass is 32.1. The summed E-state index contributed by atoms with van der Waals surface area (Å²) < 4.78 is 5.32. The molecular weight excluding hydrogens is 208 g/mol. The van der Waals surface area contributed by atoms with Gasteiger partial charge in [0.15, 0.2) is 5.76 Å². The van der Waals surface area contributed by atoms with Crippen LogP contribution in [-0.4, -0.2) is 18.1 Å². The van der Waals surface area contributed by atoms with Crippen molar-refractivity contribution in [1.82, 2.24) is 10.3 Å². The fourth-order valence-corrected chi connectivity index (χ4v) is 2.82. The molecule has 1 saturated heterocycles. The molecule has 0 aromatic carbocycles. The summed E-state index contributed by atoms with van der Waals surface area (Å²) in [7, 11) is 0. The first kappa shape index (κ1) is 9.12. The lowest BCUT2D eigenvalue weighted by Crippen LogP contribution is -2.07. The molecule has 3 heterocycles. The fourth-order valence-electron chi connectivity index (χ4n) is 1.88. The largest absolute Gasteiger partial charge is 0.463 e. The van der Waals surface area contributed by atoms with Crippen LogP contribution in [0.1, 0.15) is 17.3 Å². The molecule has 0 saturated carbocycles. The lowest BCUT2D eigenvalue weighted by molar-refractivity contribution is 0.580. The molecule has 15 heavy (non-hydrogen) atoms. The van der Waals surface area contributed by atoms with Gasteiger partial charge >= 0.3 is 0 Å². The summed E-state index contributed by atoms with van der Waals surface area (Å²) in [5.41, 5.74) is 0.965. The quantitative estimate of drug-likeness (QED) is 0.845. The van der Waals surface area contributed by atoms with Crippen molar-refractivity contribution in [3.05, 3.63) is 28.8 Å². The van der Waals surface area contributed by atoms with Crippen molar-refractivity contribution in [2.24, 2.45) is 0 Å². The number of hydrogen-bond acceptors (Lipinski definition) is 4. The molecule has 0 radical (unpaired) electrons. The van der Waals surface area contributed by atoms with Gasteiger partial charge in [0.25, 0.3) is 0 Å². The van der Waals surface area contributed by atoms with E-state index in [4.69, 9.17) is 4.42 Å². The summed E-state index contributed by atoms with van der Waals surface area (Å²) in [4.78, 5) is 4.62. The lowest BCUT2D eigenvalue weighted by Gasteiger charge is -2.01. The monoisotopic (exact) mass is 220 g/mol. The SMILES string of the molecule is c1coc(-c2csc(C3CCNC3)n2)c1. The second-order valence-corrected chi connectivity index (χ2v) is 4.63. The zero-order valence-corrected chi connectivity index (χ0v) is 9.09. The van der Waals surface area contributed by atoms with Gasteiger partial charge < -0.3 is 9.73 Å². The number of nitrogens with zero attached hydrogens (tertiary/aromatic N) is 1. The molecule has 1 atom stereocenters. The van der Waals surface area contributed by atoms with E-state index in [1.54, 1.807) is 17.6 Å². The van der Waals surface area contributed by atoms with Crippen molar-refractivity contribution in [2.75, 3.05) is 13.1 Å². The van der Waals surface area contributed by atoms with Crippen LogP contribution in [0.5, 0.6) is 0 Å². The molecule has 0 aliphatic carbocycles. The second kappa shape index (κ2) is 3.79. The molecule has 1 aliphatic heterocycles. The minimum atomic E-state index is 0.596. The predicted molar refractivity (Wildman–Crippen MR) is 60.0 cm³/mol. The third-order valence-electron chi connectivity index (χ3n) is 2.71. The number of furan rings is 1. The summed E-state index contributed by atoms with van der Waals surface area (Å²) in [5.74, 6) is 1.46.